The number of hydrogen-bond donors (Lipinski definition) is 3. The van der Waals surface area contributed by atoms with Crippen LogP contribution in [0, 0.1) is 0 Å². The van der Waals surface area contributed by atoms with E-state index in [1.807, 2.05) is 41.5 Å². The number of carbonyl (C=O) groups is 2. The number of rotatable bonds is 9. The standard InChI is InChI=1S/C24H33F3N4O6SSi/c1-13(2)39(14(3)4,15(5)6)23(34)22(33)31(29)21(32)20-19(28)11-18(12-30-20)38(35,36)17-9-7-8-16(10-17)37-24(25,26)27/h7-15,23,34H,28-29H2,1-6H3. The van der Waals surface area contributed by atoms with Crippen LogP contribution in [0.5, 0.6) is 5.75 Å². The third kappa shape index (κ3) is 6.42. The molecule has 0 bridgehead atoms. The van der Waals surface area contributed by atoms with Gasteiger partial charge in [0.1, 0.15) is 19.6 Å². The summed E-state index contributed by atoms with van der Waals surface area (Å²) in [5.74, 6) is 2.87. The van der Waals surface area contributed by atoms with Gasteiger partial charge in [0, 0.05) is 6.20 Å². The Morgan fingerprint density at radius 3 is 2.03 bits per heavy atom. The normalized spacial score (nSPS) is 13.6. The van der Waals surface area contributed by atoms with Gasteiger partial charge >= 0.3 is 6.36 Å². The third-order valence-electron chi connectivity index (χ3n) is 6.92. The van der Waals surface area contributed by atoms with Crippen LogP contribution < -0.4 is 16.3 Å². The number of aliphatic hydroxyl groups is 1. The van der Waals surface area contributed by atoms with Gasteiger partial charge in [-0.05, 0) is 40.9 Å². The van der Waals surface area contributed by atoms with E-state index >= 15 is 0 Å². The molecule has 0 aliphatic carbocycles. The Hall–Kier alpha value is -3.01. The fourth-order valence-corrected chi connectivity index (χ4v) is 13.0. The Kier molecular flexibility index (Phi) is 9.59. The molecule has 0 fully saturated rings. The Bertz CT molecular complexity index is 1310. The summed E-state index contributed by atoms with van der Waals surface area (Å²) in [4.78, 5) is 28.9. The van der Waals surface area contributed by atoms with E-state index < -0.39 is 68.7 Å². The van der Waals surface area contributed by atoms with Crippen molar-refractivity contribution >= 4 is 35.4 Å². The fraction of sp³-hybridized carbons (Fsp3) is 0.458. The molecular formula is C24H33F3N4O6SSi. The minimum atomic E-state index is -5.03. The van der Waals surface area contributed by atoms with Crippen LogP contribution in [0.3, 0.4) is 0 Å². The second-order valence-corrected chi connectivity index (χ2v) is 18.0. The van der Waals surface area contributed by atoms with Gasteiger partial charge in [-0.1, -0.05) is 47.6 Å². The zero-order valence-corrected chi connectivity index (χ0v) is 24.2. The first-order valence-electron chi connectivity index (χ1n) is 12.0. The third-order valence-corrected chi connectivity index (χ3v) is 15.8. The quantitative estimate of drug-likeness (QED) is 0.170. The van der Waals surface area contributed by atoms with Crippen molar-refractivity contribution in [1.29, 1.82) is 0 Å². The molecule has 39 heavy (non-hydrogen) atoms. The number of hydrazine groups is 1. The summed E-state index contributed by atoms with van der Waals surface area (Å²) in [6.07, 6.45) is -4.27. The molecule has 5 N–H and O–H groups in total. The number of halogens is 3. The average Bonchev–Trinajstić information content (AvgIpc) is 2.81. The Morgan fingerprint density at radius 2 is 1.56 bits per heavy atom. The van der Waals surface area contributed by atoms with Crippen molar-refractivity contribution < 1.29 is 41.0 Å². The zero-order chi connectivity index (χ0) is 30.1. The van der Waals surface area contributed by atoms with Crippen LogP contribution in [-0.4, -0.2) is 55.5 Å². The van der Waals surface area contributed by atoms with Crippen molar-refractivity contribution in [3.8, 4) is 5.75 Å². The number of nitrogen functional groups attached to an aromatic ring is 1. The van der Waals surface area contributed by atoms with Crippen molar-refractivity contribution in [1.82, 2.24) is 9.99 Å². The van der Waals surface area contributed by atoms with Gasteiger partial charge in [0.05, 0.1) is 15.5 Å². The molecule has 0 radical (unpaired) electrons. The van der Waals surface area contributed by atoms with Crippen LogP contribution in [0.1, 0.15) is 52.0 Å². The summed E-state index contributed by atoms with van der Waals surface area (Å²) in [6.45, 7) is 11.5. The van der Waals surface area contributed by atoms with Crippen LogP contribution in [0.4, 0.5) is 18.9 Å². The maximum Gasteiger partial charge on any atom is 0.573 e. The van der Waals surface area contributed by atoms with Gasteiger partial charge < -0.3 is 15.6 Å². The van der Waals surface area contributed by atoms with Crippen molar-refractivity contribution in [2.45, 2.75) is 80.0 Å². The van der Waals surface area contributed by atoms with Gasteiger partial charge in [-0.15, -0.1) is 13.2 Å². The smallest absolute Gasteiger partial charge is 0.406 e. The maximum absolute atomic E-state index is 13.2. The summed E-state index contributed by atoms with van der Waals surface area (Å²) in [5.41, 5.74) is 3.27. The number of hydrogen-bond acceptors (Lipinski definition) is 9. The first kappa shape index (κ1) is 32.2. The minimum absolute atomic E-state index is 0.0346. The predicted molar refractivity (Wildman–Crippen MR) is 140 cm³/mol. The molecule has 2 rings (SSSR count). The van der Waals surface area contributed by atoms with Crippen molar-refractivity contribution in [2.75, 3.05) is 5.73 Å². The van der Waals surface area contributed by atoms with Gasteiger partial charge in [0.25, 0.3) is 11.8 Å². The first-order chi connectivity index (χ1) is 17.8. The number of pyridine rings is 1. The second kappa shape index (κ2) is 11.6. The molecule has 2 aromatic rings. The number of sulfone groups is 1. The Morgan fingerprint density at radius 1 is 1.03 bits per heavy atom. The van der Waals surface area contributed by atoms with E-state index in [0.717, 1.165) is 30.5 Å². The molecule has 10 nitrogen and oxygen atoms in total. The van der Waals surface area contributed by atoms with E-state index in [1.54, 1.807) is 0 Å². The van der Waals surface area contributed by atoms with Gasteiger partial charge in [-0.2, -0.15) is 0 Å². The molecule has 0 aliphatic rings. The first-order valence-corrected chi connectivity index (χ1v) is 15.7. The van der Waals surface area contributed by atoms with Crippen LogP contribution in [0.25, 0.3) is 0 Å². The number of nitrogens with zero attached hydrogens (tertiary/aromatic N) is 2. The number of imide groups is 1. The van der Waals surface area contributed by atoms with E-state index in [4.69, 9.17) is 11.6 Å². The van der Waals surface area contributed by atoms with E-state index in [-0.39, 0.29) is 21.6 Å². The summed E-state index contributed by atoms with van der Waals surface area (Å²) >= 11 is 0. The molecule has 1 atom stereocenters. The van der Waals surface area contributed by atoms with Crippen LogP contribution >= 0.6 is 0 Å². The number of ether oxygens (including phenoxy) is 1. The van der Waals surface area contributed by atoms with Crippen molar-refractivity contribution in [2.24, 2.45) is 5.84 Å². The molecule has 1 heterocycles. The molecule has 15 heteroatoms. The van der Waals surface area contributed by atoms with Gasteiger partial charge in [-0.3, -0.25) is 9.59 Å². The fourth-order valence-electron chi connectivity index (χ4n) is 5.27. The zero-order valence-electron chi connectivity index (χ0n) is 22.4. The van der Waals surface area contributed by atoms with Gasteiger partial charge in [0.2, 0.25) is 9.84 Å². The average molecular weight is 591 g/mol. The molecule has 0 saturated carbocycles. The van der Waals surface area contributed by atoms with E-state index in [0.29, 0.717) is 6.07 Å². The molecule has 1 unspecified atom stereocenters. The molecule has 1 aromatic carbocycles. The van der Waals surface area contributed by atoms with Crippen LogP contribution in [0.15, 0.2) is 46.3 Å². The molecular weight excluding hydrogens is 557 g/mol. The number of carbonyl (C=O) groups excluding carboxylic acids is 2. The highest BCUT2D eigenvalue weighted by molar-refractivity contribution is 7.91. The lowest BCUT2D eigenvalue weighted by atomic mass is 10.3. The van der Waals surface area contributed by atoms with E-state index in [9.17, 15) is 36.3 Å². The lowest BCUT2D eigenvalue weighted by Gasteiger charge is -2.46. The Balaban J connectivity index is 2.40. The maximum atomic E-state index is 13.2. The second-order valence-electron chi connectivity index (χ2n) is 10.0. The molecule has 216 valence electrons. The predicted octanol–water partition coefficient (Wildman–Crippen LogP) is 3.82. The van der Waals surface area contributed by atoms with Gasteiger partial charge in [0.15, 0.2) is 5.69 Å². The number of amides is 2. The monoisotopic (exact) mass is 590 g/mol. The lowest BCUT2D eigenvalue weighted by Crippen LogP contribution is -2.63. The van der Waals surface area contributed by atoms with Crippen LogP contribution in [-0.2, 0) is 14.6 Å². The van der Waals surface area contributed by atoms with Crippen molar-refractivity contribution in [3.63, 3.8) is 0 Å². The van der Waals surface area contributed by atoms with Crippen molar-refractivity contribution in [3.05, 3.63) is 42.2 Å². The highest BCUT2D eigenvalue weighted by Gasteiger charge is 2.53. The number of nitrogens with two attached hydrogens (primary N) is 2. The number of aliphatic hydroxyl groups excluding tert-OH is 1. The number of benzene rings is 1. The molecule has 1 aromatic heterocycles. The van der Waals surface area contributed by atoms with Crippen LogP contribution in [0.2, 0.25) is 16.6 Å². The number of aromatic nitrogens is 1. The summed E-state index contributed by atoms with van der Waals surface area (Å²) in [5, 5.41) is 11.4. The number of alkyl halides is 3. The SMILES string of the molecule is CC(C)[Si](C(C)C)(C(C)C)C(O)C(=O)N(N)C(=O)c1ncc(S(=O)(=O)c2cccc(OC(F)(F)F)c2)cc1N. The molecule has 0 aliphatic heterocycles. The lowest BCUT2D eigenvalue weighted by molar-refractivity contribution is -0.274. The topological polar surface area (TPSA) is 166 Å². The summed E-state index contributed by atoms with van der Waals surface area (Å²) < 4.78 is 67.3. The summed E-state index contributed by atoms with van der Waals surface area (Å²) in [7, 11) is -7.22. The van der Waals surface area contributed by atoms with E-state index in [2.05, 4.69) is 9.72 Å². The number of anilines is 1. The minimum Gasteiger partial charge on any atom is -0.406 e. The highest BCUT2D eigenvalue weighted by Crippen LogP contribution is 2.44. The van der Waals surface area contributed by atoms with Gasteiger partial charge in [-0.25, -0.2) is 24.3 Å². The molecule has 2 amide bonds. The molecule has 0 spiro atoms. The van der Waals surface area contributed by atoms with E-state index in [1.165, 1.54) is 0 Å². The highest BCUT2D eigenvalue weighted by atomic mass is 32.2. The summed E-state index contributed by atoms with van der Waals surface area (Å²) in [6, 6.07) is 4.58. The Labute approximate surface area is 226 Å². The molecule has 0 saturated heterocycles. The largest absolute Gasteiger partial charge is 0.573 e.